The number of hydrogen-bond acceptors (Lipinski definition) is 8. The molecule has 1 atom stereocenters. The molecule has 1 unspecified atom stereocenters. The van der Waals surface area contributed by atoms with Crippen molar-refractivity contribution in [1.29, 1.82) is 0 Å². The van der Waals surface area contributed by atoms with Crippen LogP contribution in [0.4, 0.5) is 10.8 Å². The summed E-state index contributed by atoms with van der Waals surface area (Å²) >= 11 is 8.67. The Morgan fingerprint density at radius 2 is 1.73 bits per heavy atom. The van der Waals surface area contributed by atoms with Crippen molar-refractivity contribution >= 4 is 68.3 Å². The van der Waals surface area contributed by atoms with Gasteiger partial charge in [0.25, 0.3) is 11.8 Å². The van der Waals surface area contributed by atoms with Gasteiger partial charge in [-0.1, -0.05) is 84.1 Å². The molecule has 11 heteroatoms. The molecule has 4 heterocycles. The Bertz CT molecular complexity index is 1920. The first-order valence-electron chi connectivity index (χ1n) is 13.0. The molecule has 2 aromatic heterocycles. The van der Waals surface area contributed by atoms with Crippen LogP contribution in [0.15, 0.2) is 86.3 Å². The molecule has 0 radical (unpaired) electrons. The Kier molecular flexibility index (Phi) is 6.22. The SMILES string of the molecule is CCCN1C(=O)C2(c3ccccc31)c1c(oc3ccccc3c1=O)C(=O)N2c1nnc(SCc2ccc(Cl)cc2)s1. The fraction of sp³-hybridized carbons (Fsp3) is 0.167. The van der Waals surface area contributed by atoms with Crippen LogP contribution in [0.5, 0.6) is 0 Å². The van der Waals surface area contributed by atoms with Crippen molar-refractivity contribution in [2.45, 2.75) is 29.0 Å². The standard InChI is InChI=1S/C30H21ClN4O4S2/c1-2-15-34-21-9-5-4-8-20(21)30(27(34)38)23-24(36)19-7-3-6-10-22(19)39-25(23)26(37)35(30)28-32-33-29(41-28)40-16-17-11-13-18(31)14-12-17/h3-14H,2,15-16H2,1H3. The van der Waals surface area contributed by atoms with Crippen molar-refractivity contribution in [3.8, 4) is 0 Å². The van der Waals surface area contributed by atoms with E-state index in [1.807, 2.05) is 43.3 Å². The van der Waals surface area contributed by atoms with E-state index in [1.54, 1.807) is 41.3 Å². The number of para-hydroxylation sites is 2. The number of benzene rings is 3. The molecule has 3 aromatic carbocycles. The first kappa shape index (κ1) is 25.9. The molecule has 5 aromatic rings. The maximum Gasteiger partial charge on any atom is 0.297 e. The summed E-state index contributed by atoms with van der Waals surface area (Å²) in [5.74, 6) is -0.529. The smallest absolute Gasteiger partial charge is 0.297 e. The van der Waals surface area contributed by atoms with Crippen molar-refractivity contribution in [3.63, 3.8) is 0 Å². The van der Waals surface area contributed by atoms with Crippen LogP contribution in [0.1, 0.15) is 40.6 Å². The highest BCUT2D eigenvalue weighted by Crippen LogP contribution is 2.54. The van der Waals surface area contributed by atoms with Crippen LogP contribution in [0, 0.1) is 0 Å². The van der Waals surface area contributed by atoms with E-state index < -0.39 is 16.9 Å². The minimum absolute atomic E-state index is 0.0165. The molecule has 2 aliphatic heterocycles. The molecule has 0 aliphatic carbocycles. The van der Waals surface area contributed by atoms with E-state index >= 15 is 0 Å². The number of amides is 2. The molecular weight excluding hydrogens is 580 g/mol. The predicted molar refractivity (Wildman–Crippen MR) is 160 cm³/mol. The van der Waals surface area contributed by atoms with E-state index in [9.17, 15) is 14.4 Å². The first-order valence-corrected chi connectivity index (χ1v) is 15.2. The molecule has 8 nitrogen and oxygen atoms in total. The fourth-order valence-corrected chi connectivity index (χ4v) is 7.61. The lowest BCUT2D eigenvalue weighted by Crippen LogP contribution is -2.53. The number of fused-ring (bicyclic) bond motifs is 5. The number of thioether (sulfide) groups is 1. The van der Waals surface area contributed by atoms with Gasteiger partial charge in [-0.3, -0.25) is 19.3 Å². The minimum atomic E-state index is -1.76. The number of hydrogen-bond donors (Lipinski definition) is 0. The summed E-state index contributed by atoms with van der Waals surface area (Å²) in [5.41, 5.74) is 0.360. The van der Waals surface area contributed by atoms with Crippen LogP contribution in [0.3, 0.4) is 0 Å². The summed E-state index contributed by atoms with van der Waals surface area (Å²) in [6, 6.07) is 21.6. The minimum Gasteiger partial charge on any atom is -0.450 e. The van der Waals surface area contributed by atoms with Crippen LogP contribution >= 0.6 is 34.7 Å². The second-order valence-corrected chi connectivity index (χ2v) is 12.3. The highest BCUT2D eigenvalue weighted by atomic mass is 35.5. The normalized spacial score (nSPS) is 17.6. The Morgan fingerprint density at radius 3 is 2.54 bits per heavy atom. The molecule has 0 fully saturated rings. The summed E-state index contributed by atoms with van der Waals surface area (Å²) in [6.07, 6.45) is 0.688. The van der Waals surface area contributed by atoms with Crippen LogP contribution in [-0.2, 0) is 16.1 Å². The summed E-state index contributed by atoms with van der Waals surface area (Å²) in [7, 11) is 0. The number of nitrogens with zero attached hydrogens (tertiary/aromatic N) is 4. The first-order chi connectivity index (χ1) is 19.9. The largest absolute Gasteiger partial charge is 0.450 e. The number of carbonyl (C=O) groups is 2. The molecule has 204 valence electrons. The molecule has 2 amide bonds. The maximum atomic E-state index is 14.6. The maximum absolute atomic E-state index is 14.6. The van der Waals surface area contributed by atoms with E-state index in [0.717, 1.165) is 5.56 Å². The Morgan fingerprint density at radius 1 is 0.976 bits per heavy atom. The zero-order valence-corrected chi connectivity index (χ0v) is 24.1. The van der Waals surface area contributed by atoms with Crippen molar-refractivity contribution in [3.05, 3.63) is 110 Å². The van der Waals surface area contributed by atoms with Gasteiger partial charge >= 0.3 is 0 Å². The topological polar surface area (TPSA) is 96.6 Å². The monoisotopic (exact) mass is 600 g/mol. The molecule has 0 bridgehead atoms. The van der Waals surface area contributed by atoms with Gasteiger partial charge in [-0.25, -0.2) is 0 Å². The predicted octanol–water partition coefficient (Wildman–Crippen LogP) is 6.25. The summed E-state index contributed by atoms with van der Waals surface area (Å²) in [5, 5.41) is 9.88. The van der Waals surface area contributed by atoms with Gasteiger partial charge in [-0.15, -0.1) is 10.2 Å². The second kappa shape index (κ2) is 9.83. The molecule has 7 rings (SSSR count). The summed E-state index contributed by atoms with van der Waals surface area (Å²) in [4.78, 5) is 46.0. The lowest BCUT2D eigenvalue weighted by atomic mass is 9.84. The van der Waals surface area contributed by atoms with E-state index in [4.69, 9.17) is 16.0 Å². The quantitative estimate of drug-likeness (QED) is 0.168. The third-order valence-electron chi connectivity index (χ3n) is 7.34. The van der Waals surface area contributed by atoms with E-state index in [1.165, 1.54) is 28.0 Å². The van der Waals surface area contributed by atoms with Gasteiger partial charge in [0.15, 0.2) is 15.3 Å². The van der Waals surface area contributed by atoms with E-state index in [-0.39, 0.29) is 27.9 Å². The van der Waals surface area contributed by atoms with Gasteiger partial charge in [0.2, 0.25) is 10.9 Å². The van der Waals surface area contributed by atoms with E-state index in [0.29, 0.717) is 44.7 Å². The third kappa shape index (κ3) is 3.78. The highest BCUT2D eigenvalue weighted by Gasteiger charge is 2.66. The van der Waals surface area contributed by atoms with Gasteiger partial charge in [0.05, 0.1) is 16.6 Å². The number of halogens is 1. The summed E-state index contributed by atoms with van der Waals surface area (Å²) in [6.45, 7) is 2.40. The van der Waals surface area contributed by atoms with Crippen molar-refractivity contribution in [2.75, 3.05) is 16.3 Å². The van der Waals surface area contributed by atoms with Crippen LogP contribution in [0.2, 0.25) is 5.02 Å². The highest BCUT2D eigenvalue weighted by molar-refractivity contribution is 8.00. The lowest BCUT2D eigenvalue weighted by molar-refractivity contribution is -0.121. The molecule has 0 saturated heterocycles. The Hall–Kier alpha value is -3.99. The third-order valence-corrected chi connectivity index (χ3v) is 9.71. The van der Waals surface area contributed by atoms with Crippen molar-refractivity contribution < 1.29 is 14.0 Å². The van der Waals surface area contributed by atoms with Gasteiger partial charge in [-0.2, -0.15) is 0 Å². The Balaban J connectivity index is 1.42. The molecular formula is C30H21ClN4O4S2. The lowest BCUT2D eigenvalue weighted by Gasteiger charge is -2.32. The van der Waals surface area contributed by atoms with Gasteiger partial charge < -0.3 is 9.32 Å². The average molecular weight is 601 g/mol. The number of aromatic nitrogens is 2. The molecule has 0 saturated carbocycles. The number of carbonyl (C=O) groups excluding carboxylic acids is 2. The zero-order chi connectivity index (χ0) is 28.3. The molecule has 41 heavy (non-hydrogen) atoms. The Labute approximate surface area is 247 Å². The van der Waals surface area contributed by atoms with Gasteiger partial charge in [0, 0.05) is 22.9 Å². The summed E-state index contributed by atoms with van der Waals surface area (Å²) < 4.78 is 6.71. The molecule has 0 N–H and O–H groups in total. The number of rotatable bonds is 6. The number of anilines is 2. The average Bonchev–Trinajstić information content (AvgIpc) is 3.62. The van der Waals surface area contributed by atoms with Crippen molar-refractivity contribution in [1.82, 2.24) is 10.2 Å². The van der Waals surface area contributed by atoms with Crippen molar-refractivity contribution in [2.24, 2.45) is 0 Å². The molecule has 2 aliphatic rings. The van der Waals surface area contributed by atoms with Crippen LogP contribution in [0.25, 0.3) is 11.0 Å². The zero-order valence-electron chi connectivity index (χ0n) is 21.7. The fourth-order valence-electron chi connectivity index (χ4n) is 5.63. The molecule has 1 spiro atoms. The van der Waals surface area contributed by atoms with Crippen LogP contribution < -0.4 is 15.2 Å². The van der Waals surface area contributed by atoms with E-state index in [2.05, 4.69) is 10.2 Å². The second-order valence-electron chi connectivity index (χ2n) is 9.72. The van der Waals surface area contributed by atoms with Gasteiger partial charge in [-0.05, 0) is 42.3 Å². The van der Waals surface area contributed by atoms with Gasteiger partial charge in [0.1, 0.15) is 5.58 Å². The van der Waals surface area contributed by atoms with Crippen LogP contribution in [-0.4, -0.2) is 28.6 Å².